The Labute approximate surface area is 202 Å². The van der Waals surface area contributed by atoms with Crippen LogP contribution in [0.15, 0.2) is 49.1 Å². The van der Waals surface area contributed by atoms with Gasteiger partial charge in [0.25, 0.3) is 0 Å². The number of fused-ring (bicyclic) bond motifs is 1. The van der Waals surface area contributed by atoms with Gasteiger partial charge in [0.2, 0.25) is 5.88 Å². The number of aryl methyl sites for hydroxylation is 3. The van der Waals surface area contributed by atoms with E-state index in [1.165, 1.54) is 6.33 Å². The molecule has 1 aromatic carbocycles. The topological polar surface area (TPSA) is 106 Å². The Bertz CT molecular complexity index is 1470. The minimum Gasteiger partial charge on any atom is -0.475 e. The van der Waals surface area contributed by atoms with Crippen LogP contribution in [0.1, 0.15) is 22.6 Å². The van der Waals surface area contributed by atoms with Gasteiger partial charge in [-0.25, -0.2) is 29.3 Å². The number of methoxy groups -OCH3 is 1. The Hall–Kier alpha value is -4.18. The summed E-state index contributed by atoms with van der Waals surface area (Å²) in [4.78, 5) is 18.0. The second kappa shape index (κ2) is 9.59. The van der Waals surface area contributed by atoms with Gasteiger partial charge in [-0.05, 0) is 44.5 Å². The first-order chi connectivity index (χ1) is 17.0. The highest BCUT2D eigenvalue weighted by molar-refractivity contribution is 5.77. The molecule has 0 N–H and O–H groups in total. The monoisotopic (exact) mass is 470 g/mol. The molecule has 0 saturated carbocycles. The zero-order chi connectivity index (χ0) is 24.4. The van der Waals surface area contributed by atoms with E-state index in [2.05, 4.69) is 62.4 Å². The summed E-state index contributed by atoms with van der Waals surface area (Å²) in [6, 6.07) is 10.4. The van der Waals surface area contributed by atoms with Gasteiger partial charge in [0.05, 0.1) is 41.8 Å². The molecule has 0 aliphatic heterocycles. The molecule has 0 unspecified atom stereocenters. The van der Waals surface area contributed by atoms with E-state index in [1.54, 1.807) is 19.5 Å². The summed E-state index contributed by atoms with van der Waals surface area (Å²) in [6.07, 6.45) is 5.01. The largest absolute Gasteiger partial charge is 0.475 e. The Morgan fingerprint density at radius 2 is 1.77 bits per heavy atom. The first-order valence-electron chi connectivity index (χ1n) is 11.3. The van der Waals surface area contributed by atoms with Gasteiger partial charge in [0.1, 0.15) is 18.5 Å². The lowest BCUT2D eigenvalue weighted by atomic mass is 10.2. The van der Waals surface area contributed by atoms with Gasteiger partial charge in [0, 0.05) is 19.0 Å². The summed E-state index contributed by atoms with van der Waals surface area (Å²) in [6.45, 7) is 7.32. The molecule has 5 rings (SSSR count). The van der Waals surface area contributed by atoms with Gasteiger partial charge in [-0.1, -0.05) is 12.1 Å². The maximum Gasteiger partial charge on any atom is 0.228 e. The van der Waals surface area contributed by atoms with Crippen molar-refractivity contribution >= 4 is 11.0 Å². The van der Waals surface area contributed by atoms with E-state index in [4.69, 9.17) is 14.5 Å². The van der Waals surface area contributed by atoms with Crippen LogP contribution in [0.4, 0.5) is 0 Å². The average molecular weight is 471 g/mol. The van der Waals surface area contributed by atoms with Crippen molar-refractivity contribution in [1.29, 1.82) is 0 Å². The van der Waals surface area contributed by atoms with Gasteiger partial charge >= 0.3 is 0 Å². The minimum atomic E-state index is 0.369. The van der Waals surface area contributed by atoms with Crippen molar-refractivity contribution in [2.75, 3.05) is 20.3 Å². The van der Waals surface area contributed by atoms with E-state index in [0.29, 0.717) is 37.0 Å². The summed E-state index contributed by atoms with van der Waals surface area (Å²) in [7, 11) is 1.63. The molecule has 10 nitrogen and oxygen atoms in total. The molecule has 10 heteroatoms. The third-order valence-corrected chi connectivity index (χ3v) is 5.65. The van der Waals surface area contributed by atoms with Crippen LogP contribution >= 0.6 is 0 Å². The smallest absolute Gasteiger partial charge is 0.228 e. The number of hydrogen-bond acceptors (Lipinski definition) is 8. The number of hydrogen-bond donors (Lipinski definition) is 0. The SMILES string of the molecule is COCCOc1ncnc(C)c1-c1ncc2cnn(Cc3ccc(-n4nc(C)cc4C)cc3)c2n1. The fraction of sp³-hybridized carbons (Fsp3) is 0.280. The molecule has 0 aliphatic rings. The summed E-state index contributed by atoms with van der Waals surface area (Å²) in [5.41, 5.74) is 6.34. The Kier molecular flexibility index (Phi) is 6.19. The number of rotatable bonds is 8. The summed E-state index contributed by atoms with van der Waals surface area (Å²) < 4.78 is 14.7. The van der Waals surface area contributed by atoms with Crippen LogP contribution in [-0.2, 0) is 11.3 Å². The van der Waals surface area contributed by atoms with Crippen molar-refractivity contribution in [2.24, 2.45) is 0 Å². The highest BCUT2D eigenvalue weighted by Gasteiger charge is 2.17. The van der Waals surface area contributed by atoms with Gasteiger partial charge in [-0.15, -0.1) is 0 Å². The molecule has 4 aromatic heterocycles. The molecule has 0 amide bonds. The third-order valence-electron chi connectivity index (χ3n) is 5.65. The van der Waals surface area contributed by atoms with Crippen LogP contribution in [0.3, 0.4) is 0 Å². The van der Waals surface area contributed by atoms with Crippen LogP contribution in [-0.4, -0.2) is 59.8 Å². The minimum absolute atomic E-state index is 0.369. The van der Waals surface area contributed by atoms with Crippen molar-refractivity contribution in [3.63, 3.8) is 0 Å². The lowest BCUT2D eigenvalue weighted by Crippen LogP contribution is -2.09. The zero-order valence-corrected chi connectivity index (χ0v) is 20.1. The number of ether oxygens (including phenoxy) is 2. The van der Waals surface area contributed by atoms with Crippen LogP contribution in [0.25, 0.3) is 28.1 Å². The van der Waals surface area contributed by atoms with Crippen molar-refractivity contribution in [1.82, 2.24) is 39.5 Å². The van der Waals surface area contributed by atoms with Crippen LogP contribution in [0.2, 0.25) is 0 Å². The van der Waals surface area contributed by atoms with E-state index < -0.39 is 0 Å². The number of aromatic nitrogens is 8. The fourth-order valence-electron chi connectivity index (χ4n) is 3.95. The molecular formula is C25H26N8O2. The first kappa shape index (κ1) is 22.6. The molecule has 0 fully saturated rings. The molecule has 178 valence electrons. The quantitative estimate of drug-likeness (QED) is 0.318. The summed E-state index contributed by atoms with van der Waals surface area (Å²) in [5.74, 6) is 0.921. The molecule has 0 spiro atoms. The Balaban J connectivity index is 1.44. The molecule has 4 heterocycles. The highest BCUT2D eigenvalue weighted by Crippen LogP contribution is 2.28. The van der Waals surface area contributed by atoms with E-state index in [-0.39, 0.29) is 0 Å². The normalized spacial score (nSPS) is 11.3. The second-order valence-corrected chi connectivity index (χ2v) is 8.26. The maximum absolute atomic E-state index is 5.80. The van der Waals surface area contributed by atoms with Crippen molar-refractivity contribution < 1.29 is 9.47 Å². The molecule has 0 radical (unpaired) electrons. The highest BCUT2D eigenvalue weighted by atomic mass is 16.5. The van der Waals surface area contributed by atoms with Crippen LogP contribution in [0.5, 0.6) is 5.88 Å². The van der Waals surface area contributed by atoms with Crippen LogP contribution in [0, 0.1) is 20.8 Å². The number of benzene rings is 1. The van der Waals surface area contributed by atoms with Crippen LogP contribution < -0.4 is 4.74 Å². The first-order valence-corrected chi connectivity index (χ1v) is 11.3. The van der Waals surface area contributed by atoms with E-state index in [0.717, 1.165) is 39.4 Å². The summed E-state index contributed by atoms with van der Waals surface area (Å²) in [5, 5.41) is 9.96. The number of nitrogens with zero attached hydrogens (tertiary/aromatic N) is 8. The van der Waals surface area contributed by atoms with Crippen molar-refractivity contribution in [2.45, 2.75) is 27.3 Å². The molecule has 0 bridgehead atoms. The molecule has 0 saturated heterocycles. The lowest BCUT2D eigenvalue weighted by molar-refractivity contribution is 0.144. The zero-order valence-electron chi connectivity index (χ0n) is 20.1. The predicted molar refractivity (Wildman–Crippen MR) is 131 cm³/mol. The lowest BCUT2D eigenvalue weighted by Gasteiger charge is -2.11. The predicted octanol–water partition coefficient (Wildman–Crippen LogP) is 3.47. The van der Waals surface area contributed by atoms with Gasteiger partial charge < -0.3 is 9.47 Å². The van der Waals surface area contributed by atoms with Gasteiger partial charge in [-0.2, -0.15) is 10.2 Å². The van der Waals surface area contributed by atoms with Gasteiger partial charge in [-0.3, -0.25) is 0 Å². The van der Waals surface area contributed by atoms with E-state index >= 15 is 0 Å². The maximum atomic E-state index is 5.80. The second-order valence-electron chi connectivity index (χ2n) is 8.26. The molecule has 0 atom stereocenters. The molecule has 0 aliphatic carbocycles. The standard InChI is InChI=1S/C25H26N8O2/c1-16-11-17(2)33(31-16)21-7-5-19(6-8-21)14-32-24-20(13-29-32)12-26-23(30-24)22-18(3)27-15-28-25(22)35-10-9-34-4/h5-8,11-13,15H,9-10,14H2,1-4H3. The Morgan fingerprint density at radius 1 is 0.943 bits per heavy atom. The van der Waals surface area contributed by atoms with Crippen molar-refractivity contribution in [3.05, 3.63) is 71.7 Å². The van der Waals surface area contributed by atoms with Crippen molar-refractivity contribution in [3.8, 4) is 23.0 Å². The van der Waals surface area contributed by atoms with Gasteiger partial charge in [0.15, 0.2) is 11.5 Å². The third kappa shape index (κ3) is 4.60. The molecule has 35 heavy (non-hydrogen) atoms. The van der Waals surface area contributed by atoms with E-state index in [9.17, 15) is 0 Å². The fourth-order valence-corrected chi connectivity index (χ4v) is 3.95. The molecular weight excluding hydrogens is 444 g/mol. The Morgan fingerprint density at radius 3 is 2.51 bits per heavy atom. The molecule has 5 aromatic rings. The summed E-state index contributed by atoms with van der Waals surface area (Å²) >= 11 is 0. The van der Waals surface area contributed by atoms with E-state index in [1.807, 2.05) is 23.2 Å². The average Bonchev–Trinajstić information content (AvgIpc) is 3.41.